The van der Waals surface area contributed by atoms with Gasteiger partial charge in [-0.25, -0.2) is 4.79 Å². The second-order valence-corrected chi connectivity index (χ2v) is 13.0. The van der Waals surface area contributed by atoms with Crippen molar-refractivity contribution in [3.8, 4) is 0 Å². The first kappa shape index (κ1) is 20.4. The van der Waals surface area contributed by atoms with Crippen LogP contribution in [0.4, 0.5) is 4.79 Å². The third kappa shape index (κ3) is 6.36. The van der Waals surface area contributed by atoms with E-state index < -0.39 is 14.4 Å². The lowest BCUT2D eigenvalue weighted by Gasteiger charge is -2.45. The highest BCUT2D eigenvalue weighted by Gasteiger charge is 2.44. The first-order valence-electron chi connectivity index (χ1n) is 7.43. The first-order valence-corrected chi connectivity index (χ1v) is 10.3. The van der Waals surface area contributed by atoms with Crippen LogP contribution in [0.3, 0.4) is 0 Å². The lowest BCUT2D eigenvalue weighted by molar-refractivity contribution is -0.0248. The van der Waals surface area contributed by atoms with Crippen molar-refractivity contribution in [2.24, 2.45) is 17.1 Å². The van der Waals surface area contributed by atoms with Crippen LogP contribution in [0.15, 0.2) is 0 Å². The van der Waals surface area contributed by atoms with E-state index >= 15 is 0 Å². The smallest absolute Gasteiger partial charge is 0.404 e. The van der Waals surface area contributed by atoms with Gasteiger partial charge in [0.15, 0.2) is 8.32 Å². The molecule has 2 unspecified atom stereocenters. The molecule has 126 valence electrons. The molecular weight excluding hydrogens is 286 g/mol. The molecule has 1 amide bonds. The van der Waals surface area contributed by atoms with Gasteiger partial charge < -0.3 is 20.0 Å². The maximum atomic E-state index is 10.8. The number of nitrogens with two attached hydrogens (primary N) is 1. The molecule has 0 fully saturated rings. The van der Waals surface area contributed by atoms with Gasteiger partial charge in [0.25, 0.3) is 0 Å². The van der Waals surface area contributed by atoms with Crippen molar-refractivity contribution >= 4 is 14.4 Å². The monoisotopic (exact) mass is 319 g/mol. The predicted octanol–water partition coefficient (Wildman–Crippen LogP) is 3.13. The number of carbonyl (C=O) groups excluding carboxylic acids is 1. The Balaban J connectivity index is 5.25. The summed E-state index contributed by atoms with van der Waals surface area (Å²) < 4.78 is 11.4. The van der Waals surface area contributed by atoms with Gasteiger partial charge >= 0.3 is 6.09 Å². The molecule has 0 aliphatic carbocycles. The molecule has 6 heteroatoms. The van der Waals surface area contributed by atoms with Crippen molar-refractivity contribution in [2.45, 2.75) is 65.8 Å². The molecule has 0 aliphatic heterocycles. The molecular formula is C15H33NO4Si. The number of aliphatic hydroxyl groups is 1. The molecule has 0 aromatic heterocycles. The minimum absolute atomic E-state index is 0.0705. The van der Waals surface area contributed by atoms with E-state index in [1.165, 1.54) is 0 Å². The van der Waals surface area contributed by atoms with Gasteiger partial charge in [-0.3, -0.25) is 0 Å². The number of aliphatic hydroxyl groups excluding tert-OH is 1. The Hall–Kier alpha value is -0.593. The Kier molecular flexibility index (Phi) is 6.91. The number of primary amides is 1. The highest BCUT2D eigenvalue weighted by Crippen LogP contribution is 2.41. The summed E-state index contributed by atoms with van der Waals surface area (Å²) in [7, 11) is -2.00. The average Bonchev–Trinajstić information content (AvgIpc) is 2.24. The lowest BCUT2D eigenvalue weighted by Crippen LogP contribution is -2.51. The van der Waals surface area contributed by atoms with E-state index in [0.717, 1.165) is 0 Å². The molecule has 0 aliphatic rings. The summed E-state index contributed by atoms with van der Waals surface area (Å²) in [5.74, 6) is -0.286. The Morgan fingerprint density at radius 3 is 1.95 bits per heavy atom. The van der Waals surface area contributed by atoms with Crippen LogP contribution in [0, 0.1) is 11.3 Å². The topological polar surface area (TPSA) is 81.8 Å². The third-order valence-electron chi connectivity index (χ3n) is 4.18. The second-order valence-electron chi connectivity index (χ2n) is 8.24. The number of hydrogen-bond acceptors (Lipinski definition) is 4. The van der Waals surface area contributed by atoms with E-state index in [1.54, 1.807) is 0 Å². The van der Waals surface area contributed by atoms with Crippen molar-refractivity contribution < 1.29 is 19.1 Å². The zero-order valence-electron chi connectivity index (χ0n) is 14.8. The van der Waals surface area contributed by atoms with Crippen LogP contribution in [-0.4, -0.2) is 38.8 Å². The highest BCUT2D eigenvalue weighted by atomic mass is 28.4. The summed E-state index contributed by atoms with van der Waals surface area (Å²) in [5.41, 5.74) is 4.85. The van der Waals surface area contributed by atoms with Crippen LogP contribution in [0.1, 0.15) is 41.5 Å². The largest absolute Gasteiger partial charge is 0.449 e. The van der Waals surface area contributed by atoms with E-state index in [0.29, 0.717) is 0 Å². The van der Waals surface area contributed by atoms with Crippen molar-refractivity contribution in [3.63, 3.8) is 0 Å². The third-order valence-corrected chi connectivity index (χ3v) is 8.64. The van der Waals surface area contributed by atoms with Crippen molar-refractivity contribution in [3.05, 3.63) is 0 Å². The molecule has 0 saturated heterocycles. The maximum absolute atomic E-state index is 10.8. The maximum Gasteiger partial charge on any atom is 0.404 e. The Labute approximate surface area is 130 Å². The molecule has 0 rings (SSSR count). The van der Waals surface area contributed by atoms with E-state index in [9.17, 15) is 9.90 Å². The fourth-order valence-corrected chi connectivity index (χ4v) is 3.43. The van der Waals surface area contributed by atoms with Gasteiger partial charge in [0.1, 0.15) is 6.61 Å². The minimum atomic E-state index is -2.00. The van der Waals surface area contributed by atoms with Crippen molar-refractivity contribution in [2.75, 3.05) is 13.2 Å². The lowest BCUT2D eigenvalue weighted by atomic mass is 9.82. The van der Waals surface area contributed by atoms with Gasteiger partial charge in [-0.15, -0.1) is 0 Å². The SMILES string of the molecule is CC(C)(C)C(O[Si](C)(C)C(C)(C)C)C(CO)COC(N)=O. The summed E-state index contributed by atoms with van der Waals surface area (Å²) in [4.78, 5) is 10.8. The van der Waals surface area contributed by atoms with E-state index in [2.05, 4.69) is 54.6 Å². The zero-order valence-corrected chi connectivity index (χ0v) is 15.8. The van der Waals surface area contributed by atoms with Crippen molar-refractivity contribution in [1.29, 1.82) is 0 Å². The molecule has 0 bridgehead atoms. The summed E-state index contributed by atoms with van der Waals surface area (Å²) in [6, 6.07) is 0. The molecule has 2 atom stereocenters. The molecule has 3 N–H and O–H groups in total. The Morgan fingerprint density at radius 1 is 1.19 bits per heavy atom. The number of ether oxygens (including phenoxy) is 1. The minimum Gasteiger partial charge on any atom is -0.449 e. The molecule has 0 aromatic rings. The second kappa shape index (κ2) is 7.11. The average molecular weight is 320 g/mol. The highest BCUT2D eigenvalue weighted by molar-refractivity contribution is 6.74. The number of hydrogen-bond donors (Lipinski definition) is 2. The Bertz CT molecular complexity index is 345. The van der Waals surface area contributed by atoms with Gasteiger partial charge in [0, 0.05) is 5.92 Å². The van der Waals surface area contributed by atoms with Gasteiger partial charge in [-0.2, -0.15) is 0 Å². The quantitative estimate of drug-likeness (QED) is 0.737. The van der Waals surface area contributed by atoms with E-state index in [-0.39, 0.29) is 35.7 Å². The molecule has 0 radical (unpaired) electrons. The van der Waals surface area contributed by atoms with E-state index in [4.69, 9.17) is 14.9 Å². The van der Waals surface area contributed by atoms with Crippen LogP contribution in [0.2, 0.25) is 18.1 Å². The Morgan fingerprint density at radius 2 is 1.67 bits per heavy atom. The summed E-state index contributed by atoms with van der Waals surface area (Å²) in [5, 5.41) is 9.75. The summed E-state index contributed by atoms with van der Waals surface area (Å²) in [6.07, 6.45) is -1.03. The normalized spacial score (nSPS) is 16.4. The van der Waals surface area contributed by atoms with Crippen LogP contribution in [0.5, 0.6) is 0 Å². The van der Waals surface area contributed by atoms with Crippen LogP contribution in [-0.2, 0) is 9.16 Å². The molecule has 5 nitrogen and oxygen atoms in total. The number of rotatable bonds is 6. The van der Waals surface area contributed by atoms with Crippen LogP contribution >= 0.6 is 0 Å². The van der Waals surface area contributed by atoms with Gasteiger partial charge in [0.2, 0.25) is 0 Å². The molecule has 21 heavy (non-hydrogen) atoms. The molecule has 0 spiro atoms. The van der Waals surface area contributed by atoms with Crippen molar-refractivity contribution in [1.82, 2.24) is 0 Å². The van der Waals surface area contributed by atoms with E-state index in [1.807, 2.05) is 0 Å². The standard InChI is InChI=1S/C15H33NO4Si/c1-14(2,3)12(11(9-17)10-19-13(16)18)20-21(7,8)15(4,5)6/h11-12,17H,9-10H2,1-8H3,(H2,16,18). The number of amides is 1. The summed E-state index contributed by atoms with van der Waals surface area (Å²) in [6.45, 7) is 17.0. The zero-order chi connectivity index (χ0) is 17.1. The summed E-state index contributed by atoms with van der Waals surface area (Å²) >= 11 is 0. The predicted molar refractivity (Wildman–Crippen MR) is 87.6 cm³/mol. The molecule has 0 saturated carbocycles. The number of carbonyl (C=O) groups is 1. The van der Waals surface area contributed by atoms with Gasteiger partial charge in [-0.05, 0) is 23.5 Å². The van der Waals surface area contributed by atoms with Crippen LogP contribution in [0.25, 0.3) is 0 Å². The first-order chi connectivity index (χ1) is 9.22. The van der Waals surface area contributed by atoms with Gasteiger partial charge in [0.05, 0.1) is 12.7 Å². The fraction of sp³-hybridized carbons (Fsp3) is 0.933. The fourth-order valence-electron chi connectivity index (χ4n) is 1.90. The molecule has 0 aromatic carbocycles. The van der Waals surface area contributed by atoms with Gasteiger partial charge in [-0.1, -0.05) is 41.5 Å². The molecule has 0 heterocycles. The van der Waals surface area contributed by atoms with Crippen LogP contribution < -0.4 is 5.73 Å².